The lowest BCUT2D eigenvalue weighted by Crippen LogP contribution is -2.48. The molecule has 0 radical (unpaired) electrons. The van der Waals surface area contributed by atoms with Crippen LogP contribution in [0.4, 0.5) is 10.5 Å². The van der Waals surface area contributed by atoms with Crippen LogP contribution >= 0.6 is 0 Å². The Bertz CT molecular complexity index is 834. The maximum absolute atomic E-state index is 12.5. The first-order valence-corrected chi connectivity index (χ1v) is 9.95. The minimum absolute atomic E-state index is 0.0155. The van der Waals surface area contributed by atoms with Crippen molar-refractivity contribution in [3.05, 3.63) is 30.3 Å². The van der Waals surface area contributed by atoms with Crippen LogP contribution in [0.2, 0.25) is 0 Å². The largest absolute Gasteiger partial charge is 0.480 e. The average Bonchev–Trinajstić information content (AvgIpc) is 2.72. The number of benzene rings is 1. The van der Waals surface area contributed by atoms with Crippen molar-refractivity contribution in [2.45, 2.75) is 13.0 Å². The predicted molar refractivity (Wildman–Crippen MR) is 115 cm³/mol. The van der Waals surface area contributed by atoms with E-state index in [0.717, 1.165) is 9.80 Å². The first-order chi connectivity index (χ1) is 15.5. The Hall–Kier alpha value is -3.71. The Morgan fingerprint density at radius 2 is 1.33 bits per heavy atom. The maximum atomic E-state index is 12.5. The number of para-hydroxylation sites is 1. The highest BCUT2D eigenvalue weighted by Crippen LogP contribution is 2.07. The van der Waals surface area contributed by atoms with Gasteiger partial charge in [-0.1, -0.05) is 18.2 Å². The summed E-state index contributed by atoms with van der Waals surface area (Å²) >= 11 is 0. The van der Waals surface area contributed by atoms with Gasteiger partial charge >= 0.3 is 29.9 Å². The molecule has 0 aliphatic heterocycles. The van der Waals surface area contributed by atoms with Gasteiger partial charge in [0.05, 0.1) is 13.1 Å². The second kappa shape index (κ2) is 13.6. The van der Waals surface area contributed by atoms with Crippen molar-refractivity contribution in [3.63, 3.8) is 0 Å². The third-order valence-corrected chi connectivity index (χ3v) is 4.63. The number of hydrogen-bond acceptors (Lipinski definition) is 7. The van der Waals surface area contributed by atoms with Gasteiger partial charge in [-0.15, -0.1) is 0 Å². The molecule has 0 fully saturated rings. The van der Waals surface area contributed by atoms with Gasteiger partial charge in [0.1, 0.15) is 12.6 Å². The lowest BCUT2D eigenvalue weighted by molar-refractivity contribution is -0.146. The minimum atomic E-state index is -1.26. The number of aliphatic carboxylic acids is 4. The van der Waals surface area contributed by atoms with E-state index in [1.54, 1.807) is 30.3 Å². The van der Waals surface area contributed by atoms with E-state index in [-0.39, 0.29) is 26.2 Å². The van der Waals surface area contributed by atoms with Gasteiger partial charge in [-0.2, -0.15) is 0 Å². The zero-order chi connectivity index (χ0) is 25.0. The van der Waals surface area contributed by atoms with Crippen LogP contribution in [-0.4, -0.2) is 117 Å². The van der Waals surface area contributed by atoms with E-state index in [2.05, 4.69) is 5.32 Å². The highest BCUT2D eigenvalue weighted by molar-refractivity contribution is 5.91. The lowest BCUT2D eigenvalue weighted by Gasteiger charge is -2.29. The first kappa shape index (κ1) is 27.3. The number of amides is 2. The van der Waals surface area contributed by atoms with Crippen LogP contribution in [-0.2, 0) is 19.2 Å². The van der Waals surface area contributed by atoms with E-state index in [9.17, 15) is 29.1 Å². The molecule has 33 heavy (non-hydrogen) atoms. The molecular weight excluding hydrogens is 440 g/mol. The van der Waals surface area contributed by atoms with Crippen LogP contribution in [0.15, 0.2) is 30.3 Å². The Morgan fingerprint density at radius 1 is 0.788 bits per heavy atom. The van der Waals surface area contributed by atoms with Gasteiger partial charge in [0.15, 0.2) is 0 Å². The fourth-order valence-corrected chi connectivity index (χ4v) is 2.87. The van der Waals surface area contributed by atoms with E-state index in [1.165, 1.54) is 11.8 Å². The number of rotatable bonds is 15. The minimum Gasteiger partial charge on any atom is -0.480 e. The van der Waals surface area contributed by atoms with Gasteiger partial charge in [0.25, 0.3) is 0 Å². The highest BCUT2D eigenvalue weighted by atomic mass is 16.4. The standard InChI is InChI=1S/C20H28N4O9/c1-14(19(31)32)23(12-17(27)28)9-7-22(11-16(25)26)8-10-24(13-18(29)30)20(33)21-15-5-3-2-4-6-15/h2-6,14H,7-13H2,1H3,(H,21,33)(H,25,26)(H,27,28)(H,29,30)(H,31,32). The van der Waals surface area contributed by atoms with Crippen LogP contribution in [0.3, 0.4) is 0 Å². The molecule has 1 aromatic carbocycles. The number of carboxylic acids is 4. The molecule has 2 amide bonds. The second-order valence-corrected chi connectivity index (χ2v) is 7.16. The molecule has 0 bridgehead atoms. The van der Waals surface area contributed by atoms with Gasteiger partial charge in [0, 0.05) is 31.9 Å². The SMILES string of the molecule is CC(C(=O)O)N(CCN(CCN(CC(=O)O)C(=O)Nc1ccccc1)CC(=O)O)CC(=O)O. The van der Waals surface area contributed by atoms with Gasteiger partial charge in [0.2, 0.25) is 0 Å². The van der Waals surface area contributed by atoms with Crippen molar-refractivity contribution in [2.24, 2.45) is 0 Å². The molecule has 0 saturated carbocycles. The van der Waals surface area contributed by atoms with Crippen molar-refractivity contribution in [1.29, 1.82) is 0 Å². The topological polar surface area (TPSA) is 188 Å². The van der Waals surface area contributed by atoms with Crippen LogP contribution in [0.5, 0.6) is 0 Å². The molecule has 0 heterocycles. The smallest absolute Gasteiger partial charge is 0.323 e. The number of carboxylic acid groups (broad SMARTS) is 4. The van der Waals surface area contributed by atoms with E-state index in [1.807, 2.05) is 0 Å². The van der Waals surface area contributed by atoms with Crippen LogP contribution in [0, 0.1) is 0 Å². The Morgan fingerprint density at radius 3 is 1.85 bits per heavy atom. The Kier molecular flexibility index (Phi) is 11.3. The highest BCUT2D eigenvalue weighted by Gasteiger charge is 2.24. The quantitative estimate of drug-likeness (QED) is 0.230. The van der Waals surface area contributed by atoms with Crippen LogP contribution < -0.4 is 5.32 Å². The number of carbonyl (C=O) groups is 5. The third-order valence-electron chi connectivity index (χ3n) is 4.63. The molecular formula is C20H28N4O9. The molecule has 5 N–H and O–H groups in total. The molecule has 13 heteroatoms. The van der Waals surface area contributed by atoms with E-state index in [0.29, 0.717) is 5.69 Å². The molecule has 1 unspecified atom stereocenters. The Balaban J connectivity index is 2.84. The Labute approximate surface area is 189 Å². The summed E-state index contributed by atoms with van der Waals surface area (Å²) in [5.41, 5.74) is 0.451. The van der Waals surface area contributed by atoms with Gasteiger partial charge in [-0.25, -0.2) is 4.79 Å². The molecule has 13 nitrogen and oxygen atoms in total. The number of nitrogens with zero attached hydrogens (tertiary/aromatic N) is 3. The van der Waals surface area contributed by atoms with E-state index < -0.39 is 55.6 Å². The van der Waals surface area contributed by atoms with Crippen LogP contribution in [0.1, 0.15) is 6.92 Å². The van der Waals surface area contributed by atoms with E-state index in [4.69, 9.17) is 15.3 Å². The molecule has 1 atom stereocenters. The summed E-state index contributed by atoms with van der Waals surface area (Å²) in [6, 6.07) is 6.55. The number of anilines is 1. The van der Waals surface area contributed by atoms with Crippen molar-refractivity contribution in [2.75, 3.05) is 51.1 Å². The molecule has 0 saturated heterocycles. The van der Waals surface area contributed by atoms with Gasteiger partial charge in [-0.05, 0) is 19.1 Å². The molecule has 0 aliphatic carbocycles. The summed E-state index contributed by atoms with van der Waals surface area (Å²) in [5.74, 6) is -4.92. The number of carbonyl (C=O) groups excluding carboxylic acids is 1. The number of hydrogen-bond donors (Lipinski definition) is 5. The fraction of sp³-hybridized carbons (Fsp3) is 0.450. The normalized spacial score (nSPS) is 11.7. The summed E-state index contributed by atoms with van der Waals surface area (Å²) < 4.78 is 0. The second-order valence-electron chi connectivity index (χ2n) is 7.16. The predicted octanol–water partition coefficient (Wildman–Crippen LogP) is -0.149. The van der Waals surface area contributed by atoms with Crippen molar-refractivity contribution >= 4 is 35.6 Å². The summed E-state index contributed by atoms with van der Waals surface area (Å²) in [7, 11) is 0. The number of nitrogens with one attached hydrogen (secondary N) is 1. The zero-order valence-corrected chi connectivity index (χ0v) is 18.1. The molecule has 0 aliphatic rings. The molecule has 182 valence electrons. The summed E-state index contributed by atoms with van der Waals surface area (Å²) in [4.78, 5) is 60.8. The van der Waals surface area contributed by atoms with Crippen LogP contribution in [0.25, 0.3) is 0 Å². The third kappa shape index (κ3) is 10.9. The summed E-state index contributed by atoms with van der Waals surface area (Å²) in [6.45, 7) is -0.588. The fourth-order valence-electron chi connectivity index (χ4n) is 2.87. The zero-order valence-electron chi connectivity index (χ0n) is 18.1. The van der Waals surface area contributed by atoms with Crippen molar-refractivity contribution in [1.82, 2.24) is 14.7 Å². The maximum Gasteiger partial charge on any atom is 0.323 e. The first-order valence-electron chi connectivity index (χ1n) is 9.95. The van der Waals surface area contributed by atoms with Crippen molar-refractivity contribution < 1.29 is 44.4 Å². The molecule has 1 aromatic rings. The number of urea groups is 1. The molecule has 0 aromatic heterocycles. The summed E-state index contributed by atoms with van der Waals surface area (Å²) in [6.07, 6.45) is 0. The van der Waals surface area contributed by atoms with Gasteiger partial charge in [-0.3, -0.25) is 29.0 Å². The molecule has 1 rings (SSSR count). The van der Waals surface area contributed by atoms with E-state index >= 15 is 0 Å². The van der Waals surface area contributed by atoms with Crippen molar-refractivity contribution in [3.8, 4) is 0 Å². The monoisotopic (exact) mass is 468 g/mol. The van der Waals surface area contributed by atoms with Gasteiger partial charge < -0.3 is 30.6 Å². The lowest BCUT2D eigenvalue weighted by atomic mass is 10.2. The summed E-state index contributed by atoms with van der Waals surface area (Å²) in [5, 5.41) is 39.1. The molecule has 0 spiro atoms. The average molecular weight is 468 g/mol.